The van der Waals surface area contributed by atoms with E-state index >= 15 is 0 Å². The third-order valence-corrected chi connectivity index (χ3v) is 4.95. The Labute approximate surface area is 175 Å². The molecule has 0 saturated carbocycles. The second-order valence-electron chi connectivity index (χ2n) is 7.27. The molecule has 0 bridgehead atoms. The van der Waals surface area contributed by atoms with E-state index in [2.05, 4.69) is 10.1 Å². The summed E-state index contributed by atoms with van der Waals surface area (Å²) in [5, 5.41) is 3.91. The van der Waals surface area contributed by atoms with E-state index in [1.807, 2.05) is 72.5 Å². The van der Waals surface area contributed by atoms with Crippen molar-refractivity contribution in [3.63, 3.8) is 0 Å². The Morgan fingerprint density at radius 1 is 0.967 bits per heavy atom. The fraction of sp³-hybridized carbons (Fsp3) is 0.304. The van der Waals surface area contributed by atoms with Crippen LogP contribution in [0.25, 0.3) is 0 Å². The Kier molecular flexibility index (Phi) is 6.29. The third kappa shape index (κ3) is 5.39. The molecule has 2 heterocycles. The van der Waals surface area contributed by atoms with Crippen LogP contribution in [-0.2, 0) is 11.3 Å². The molecule has 1 amide bonds. The Bertz CT molecular complexity index is 948. The fourth-order valence-corrected chi connectivity index (χ4v) is 3.33. The van der Waals surface area contributed by atoms with Gasteiger partial charge in [-0.3, -0.25) is 9.69 Å². The minimum absolute atomic E-state index is 0.00484. The summed E-state index contributed by atoms with van der Waals surface area (Å²) in [6, 6.07) is 18.8. The molecule has 1 aromatic heterocycles. The van der Waals surface area contributed by atoms with Crippen LogP contribution in [0, 0.1) is 6.92 Å². The molecule has 1 aliphatic rings. The van der Waals surface area contributed by atoms with Gasteiger partial charge in [0.05, 0.1) is 12.2 Å². The molecule has 0 spiro atoms. The number of benzene rings is 2. The summed E-state index contributed by atoms with van der Waals surface area (Å²) in [7, 11) is 0. The predicted octanol–water partition coefficient (Wildman–Crippen LogP) is 3.50. The van der Waals surface area contributed by atoms with Crippen molar-refractivity contribution in [3.8, 4) is 17.2 Å². The SMILES string of the molecule is Cc1cc(CN2CCN(C(=O)COc3ccc(Oc4ccccc4)cc3)CC2)on1. The van der Waals surface area contributed by atoms with Crippen LogP contribution in [0.1, 0.15) is 11.5 Å². The molecule has 2 aromatic carbocycles. The number of carbonyl (C=O) groups excluding carboxylic acids is 1. The summed E-state index contributed by atoms with van der Waals surface area (Å²) < 4.78 is 16.7. The topological polar surface area (TPSA) is 68.0 Å². The normalized spacial score (nSPS) is 14.5. The summed E-state index contributed by atoms with van der Waals surface area (Å²) >= 11 is 0. The van der Waals surface area contributed by atoms with Crippen molar-refractivity contribution in [2.24, 2.45) is 0 Å². The molecule has 0 radical (unpaired) electrons. The smallest absolute Gasteiger partial charge is 0.260 e. The second kappa shape index (κ2) is 9.45. The van der Waals surface area contributed by atoms with Crippen LogP contribution in [0.3, 0.4) is 0 Å². The van der Waals surface area contributed by atoms with E-state index in [1.165, 1.54) is 0 Å². The van der Waals surface area contributed by atoms with Gasteiger partial charge in [-0.1, -0.05) is 23.4 Å². The highest BCUT2D eigenvalue weighted by atomic mass is 16.5. The molecule has 0 N–H and O–H groups in total. The van der Waals surface area contributed by atoms with E-state index in [0.29, 0.717) is 18.8 Å². The summed E-state index contributed by atoms with van der Waals surface area (Å²) in [5.41, 5.74) is 0.885. The number of aryl methyl sites for hydroxylation is 1. The Morgan fingerprint density at radius 3 is 2.30 bits per heavy atom. The number of para-hydroxylation sites is 1. The van der Waals surface area contributed by atoms with Gasteiger partial charge >= 0.3 is 0 Å². The number of hydrogen-bond acceptors (Lipinski definition) is 6. The first-order valence-corrected chi connectivity index (χ1v) is 10.0. The molecule has 0 atom stereocenters. The summed E-state index contributed by atoms with van der Waals surface area (Å²) in [4.78, 5) is 16.6. The van der Waals surface area contributed by atoms with E-state index in [1.54, 1.807) is 0 Å². The van der Waals surface area contributed by atoms with Crippen molar-refractivity contribution >= 4 is 5.91 Å². The zero-order valence-electron chi connectivity index (χ0n) is 17.0. The molecule has 1 aliphatic heterocycles. The number of ether oxygens (including phenoxy) is 2. The van der Waals surface area contributed by atoms with Gasteiger partial charge in [-0.15, -0.1) is 0 Å². The number of nitrogens with zero attached hydrogens (tertiary/aromatic N) is 3. The maximum absolute atomic E-state index is 12.5. The van der Waals surface area contributed by atoms with E-state index in [0.717, 1.165) is 42.6 Å². The molecule has 1 saturated heterocycles. The monoisotopic (exact) mass is 407 g/mol. The molecule has 4 rings (SSSR count). The van der Waals surface area contributed by atoms with Crippen LogP contribution in [0.2, 0.25) is 0 Å². The van der Waals surface area contributed by atoms with Crippen molar-refractivity contribution in [1.29, 1.82) is 0 Å². The molecular formula is C23H25N3O4. The van der Waals surface area contributed by atoms with Crippen molar-refractivity contribution in [2.45, 2.75) is 13.5 Å². The number of hydrogen-bond donors (Lipinski definition) is 0. The molecule has 0 unspecified atom stereocenters. The lowest BCUT2D eigenvalue weighted by Crippen LogP contribution is -2.49. The lowest BCUT2D eigenvalue weighted by Gasteiger charge is -2.34. The first kappa shape index (κ1) is 20.0. The minimum Gasteiger partial charge on any atom is -0.484 e. The van der Waals surface area contributed by atoms with Gasteiger partial charge in [0.1, 0.15) is 17.2 Å². The van der Waals surface area contributed by atoms with E-state index in [-0.39, 0.29) is 12.5 Å². The molecule has 3 aromatic rings. The Hall–Kier alpha value is -3.32. The molecule has 7 heteroatoms. The van der Waals surface area contributed by atoms with Gasteiger partial charge in [0.25, 0.3) is 5.91 Å². The van der Waals surface area contributed by atoms with E-state index in [9.17, 15) is 4.79 Å². The zero-order valence-corrected chi connectivity index (χ0v) is 17.0. The average molecular weight is 407 g/mol. The molecular weight excluding hydrogens is 382 g/mol. The van der Waals surface area contributed by atoms with Gasteiger partial charge < -0.3 is 18.9 Å². The zero-order chi connectivity index (χ0) is 20.8. The maximum atomic E-state index is 12.5. The van der Waals surface area contributed by atoms with E-state index in [4.69, 9.17) is 14.0 Å². The van der Waals surface area contributed by atoms with Crippen LogP contribution < -0.4 is 9.47 Å². The first-order valence-electron chi connectivity index (χ1n) is 10.0. The predicted molar refractivity (Wildman–Crippen MR) is 112 cm³/mol. The van der Waals surface area contributed by atoms with Crippen LogP contribution in [0.5, 0.6) is 17.2 Å². The first-order chi connectivity index (χ1) is 14.7. The summed E-state index contributed by atoms with van der Waals surface area (Å²) in [6.07, 6.45) is 0. The Morgan fingerprint density at radius 2 is 1.63 bits per heavy atom. The van der Waals surface area contributed by atoms with Crippen molar-refractivity contribution in [1.82, 2.24) is 15.0 Å². The number of aromatic nitrogens is 1. The van der Waals surface area contributed by atoms with Crippen LogP contribution >= 0.6 is 0 Å². The largest absolute Gasteiger partial charge is 0.484 e. The van der Waals surface area contributed by atoms with Crippen molar-refractivity contribution in [2.75, 3.05) is 32.8 Å². The second-order valence-corrected chi connectivity index (χ2v) is 7.27. The molecule has 0 aliphatic carbocycles. The highest BCUT2D eigenvalue weighted by Crippen LogP contribution is 2.23. The van der Waals surface area contributed by atoms with Gasteiger partial charge in [-0.05, 0) is 43.3 Å². The average Bonchev–Trinajstić information content (AvgIpc) is 3.19. The summed E-state index contributed by atoms with van der Waals surface area (Å²) in [6.45, 7) is 5.62. The van der Waals surface area contributed by atoms with Crippen LogP contribution in [-0.4, -0.2) is 53.6 Å². The van der Waals surface area contributed by atoms with Crippen molar-refractivity contribution < 1.29 is 18.8 Å². The Balaban J connectivity index is 1.20. The molecule has 7 nitrogen and oxygen atoms in total. The standard InChI is InChI=1S/C23H25N3O4/c1-18-15-22(30-24-18)16-25-11-13-26(14-12-25)23(27)17-28-19-7-9-21(10-8-19)29-20-5-3-2-4-6-20/h2-10,15H,11-14,16-17H2,1H3. The highest BCUT2D eigenvalue weighted by molar-refractivity contribution is 5.77. The van der Waals surface area contributed by atoms with Gasteiger partial charge in [-0.25, -0.2) is 0 Å². The highest BCUT2D eigenvalue weighted by Gasteiger charge is 2.22. The van der Waals surface area contributed by atoms with Crippen molar-refractivity contribution in [3.05, 3.63) is 72.1 Å². The van der Waals surface area contributed by atoms with Crippen LogP contribution in [0.15, 0.2) is 65.2 Å². The number of amides is 1. The maximum Gasteiger partial charge on any atom is 0.260 e. The van der Waals surface area contributed by atoms with Gasteiger partial charge in [-0.2, -0.15) is 0 Å². The van der Waals surface area contributed by atoms with E-state index < -0.39 is 0 Å². The lowest BCUT2D eigenvalue weighted by molar-refractivity contribution is -0.135. The van der Waals surface area contributed by atoms with Gasteiger partial charge in [0.15, 0.2) is 12.4 Å². The van der Waals surface area contributed by atoms with Gasteiger partial charge in [0.2, 0.25) is 0 Å². The number of rotatable bonds is 7. The third-order valence-electron chi connectivity index (χ3n) is 4.95. The lowest BCUT2D eigenvalue weighted by atomic mass is 10.3. The molecule has 30 heavy (non-hydrogen) atoms. The summed E-state index contributed by atoms with van der Waals surface area (Å²) in [5.74, 6) is 2.99. The van der Waals surface area contributed by atoms with Gasteiger partial charge in [0, 0.05) is 32.2 Å². The number of carbonyl (C=O) groups is 1. The fourth-order valence-electron chi connectivity index (χ4n) is 3.33. The van der Waals surface area contributed by atoms with Crippen LogP contribution in [0.4, 0.5) is 0 Å². The quantitative estimate of drug-likeness (QED) is 0.597. The minimum atomic E-state index is -0.00484. The number of piperazine rings is 1. The molecule has 1 fully saturated rings. The molecule has 156 valence electrons.